The summed E-state index contributed by atoms with van der Waals surface area (Å²) in [4.78, 5) is 7.11. The molecule has 2 aliphatic heterocycles. The molecule has 148 valence electrons. The van der Waals surface area contributed by atoms with Gasteiger partial charge in [0.1, 0.15) is 12.4 Å². The summed E-state index contributed by atoms with van der Waals surface area (Å²) >= 11 is 12.3. The molecule has 28 heavy (non-hydrogen) atoms. The average molecular weight is 418 g/mol. The minimum atomic E-state index is 0.579. The van der Waals surface area contributed by atoms with Crippen LogP contribution in [0.4, 0.5) is 11.4 Å². The Labute approximate surface area is 176 Å². The molecular formula is C22H25Cl2N3O. The van der Waals surface area contributed by atoms with Gasteiger partial charge in [-0.1, -0.05) is 41.4 Å². The number of para-hydroxylation sites is 1. The normalized spacial score (nSPS) is 19.8. The fourth-order valence-corrected chi connectivity index (χ4v) is 4.00. The van der Waals surface area contributed by atoms with Gasteiger partial charge in [0, 0.05) is 43.1 Å². The fourth-order valence-electron chi connectivity index (χ4n) is 3.71. The van der Waals surface area contributed by atoms with Crippen LogP contribution in [0.5, 0.6) is 0 Å². The highest BCUT2D eigenvalue weighted by Crippen LogP contribution is 2.30. The molecule has 2 fully saturated rings. The number of hydrogen-bond donors (Lipinski definition) is 0. The second kappa shape index (κ2) is 8.64. The molecular weight excluding hydrogens is 393 g/mol. The molecule has 4 rings (SSSR count). The third kappa shape index (κ3) is 4.40. The maximum absolute atomic E-state index is 6.20. The second-order valence-corrected chi connectivity index (χ2v) is 8.14. The molecule has 6 heteroatoms. The van der Waals surface area contributed by atoms with Crippen molar-refractivity contribution in [1.82, 2.24) is 4.90 Å². The van der Waals surface area contributed by atoms with Gasteiger partial charge in [0.05, 0.1) is 23.1 Å². The number of hydrogen-bond acceptors (Lipinski definition) is 4. The van der Waals surface area contributed by atoms with Crippen molar-refractivity contribution in [2.75, 3.05) is 62.7 Å². The smallest absolute Gasteiger partial charge is 0.116 e. The number of halogens is 2. The quantitative estimate of drug-likeness (QED) is 0.724. The Morgan fingerprint density at radius 3 is 2.46 bits per heavy atom. The molecule has 2 aromatic carbocycles. The zero-order valence-electron chi connectivity index (χ0n) is 16.1. The predicted molar refractivity (Wildman–Crippen MR) is 119 cm³/mol. The van der Waals surface area contributed by atoms with Gasteiger partial charge in [0.15, 0.2) is 0 Å². The van der Waals surface area contributed by atoms with Gasteiger partial charge in [-0.3, -0.25) is 0 Å². The minimum absolute atomic E-state index is 0.579. The van der Waals surface area contributed by atoms with E-state index in [1.54, 1.807) is 0 Å². The van der Waals surface area contributed by atoms with E-state index >= 15 is 0 Å². The Kier molecular flexibility index (Phi) is 6.00. The predicted octanol–water partition coefficient (Wildman–Crippen LogP) is 4.62. The number of ether oxygens (including phenoxy) is 1. The molecule has 2 heterocycles. The lowest BCUT2D eigenvalue weighted by molar-refractivity contribution is 0.195. The number of likely N-dealkylation sites (N-methyl/N-ethyl adjacent to an activating group) is 1. The summed E-state index contributed by atoms with van der Waals surface area (Å²) in [5, 5.41) is 1.16. The van der Waals surface area contributed by atoms with E-state index in [0.717, 1.165) is 50.7 Å². The monoisotopic (exact) mass is 417 g/mol. The Balaban J connectivity index is 1.55. The van der Waals surface area contributed by atoms with E-state index in [1.165, 1.54) is 11.3 Å². The van der Waals surface area contributed by atoms with Gasteiger partial charge in [-0.05, 0) is 37.4 Å². The van der Waals surface area contributed by atoms with Gasteiger partial charge >= 0.3 is 0 Å². The molecule has 0 N–H and O–H groups in total. The number of nitrogens with zero attached hydrogens (tertiary/aromatic N) is 3. The molecule has 4 nitrogen and oxygen atoms in total. The lowest BCUT2D eigenvalue weighted by Gasteiger charge is -2.35. The minimum Gasteiger partial charge on any atom is -0.494 e. The molecule has 0 spiro atoms. The van der Waals surface area contributed by atoms with Crippen LogP contribution in [0, 0.1) is 0 Å². The lowest BCUT2D eigenvalue weighted by Crippen LogP contribution is -2.44. The van der Waals surface area contributed by atoms with Crippen molar-refractivity contribution in [1.29, 1.82) is 0 Å². The van der Waals surface area contributed by atoms with Crippen molar-refractivity contribution in [2.45, 2.75) is 0 Å². The highest BCUT2D eigenvalue weighted by molar-refractivity contribution is 6.42. The first-order chi connectivity index (χ1) is 13.6. The summed E-state index contributed by atoms with van der Waals surface area (Å²) in [6.07, 6.45) is 2.18. The van der Waals surface area contributed by atoms with E-state index in [1.807, 2.05) is 18.2 Å². The zero-order chi connectivity index (χ0) is 19.5. The molecule has 0 bridgehead atoms. The fraction of sp³-hybridized carbons (Fsp3) is 0.364. The Bertz CT molecular complexity index is 863. The molecule has 0 atom stereocenters. The largest absolute Gasteiger partial charge is 0.494 e. The van der Waals surface area contributed by atoms with Crippen LogP contribution in [-0.2, 0) is 4.74 Å². The van der Waals surface area contributed by atoms with Crippen LogP contribution in [0.1, 0.15) is 5.56 Å². The van der Waals surface area contributed by atoms with Crippen LogP contribution >= 0.6 is 23.2 Å². The molecule has 0 radical (unpaired) electrons. The second-order valence-electron chi connectivity index (χ2n) is 7.33. The van der Waals surface area contributed by atoms with Gasteiger partial charge in [-0.25, -0.2) is 0 Å². The van der Waals surface area contributed by atoms with E-state index in [4.69, 9.17) is 27.9 Å². The summed E-state index contributed by atoms with van der Waals surface area (Å²) in [6.45, 7) is 6.48. The summed E-state index contributed by atoms with van der Waals surface area (Å²) in [7, 11) is 2.18. The van der Waals surface area contributed by atoms with Crippen molar-refractivity contribution in [3.05, 3.63) is 63.8 Å². The summed E-state index contributed by atoms with van der Waals surface area (Å²) in [5.41, 5.74) is 3.55. The molecule has 0 aromatic heterocycles. The first-order valence-electron chi connectivity index (χ1n) is 9.66. The highest BCUT2D eigenvalue weighted by Gasteiger charge is 2.19. The SMILES string of the molecule is CN1CCN(c2ccccc2C=C2CN(c3ccc(Cl)c(Cl)c3)CCO2)CC1. The average Bonchev–Trinajstić information content (AvgIpc) is 2.71. The van der Waals surface area contributed by atoms with E-state index in [-0.39, 0.29) is 0 Å². The van der Waals surface area contributed by atoms with Crippen molar-refractivity contribution in [3.8, 4) is 0 Å². The molecule has 2 aliphatic rings. The lowest BCUT2D eigenvalue weighted by atomic mass is 10.1. The first kappa shape index (κ1) is 19.4. The van der Waals surface area contributed by atoms with Crippen LogP contribution < -0.4 is 9.80 Å². The van der Waals surface area contributed by atoms with E-state index in [9.17, 15) is 0 Å². The molecule has 2 aromatic rings. The van der Waals surface area contributed by atoms with Gasteiger partial charge < -0.3 is 19.4 Å². The van der Waals surface area contributed by atoms with Gasteiger partial charge in [0.2, 0.25) is 0 Å². The molecule has 2 saturated heterocycles. The number of benzene rings is 2. The summed E-state index contributed by atoms with van der Waals surface area (Å²) in [5.74, 6) is 0.971. The number of piperazine rings is 1. The topological polar surface area (TPSA) is 19.0 Å². The van der Waals surface area contributed by atoms with Crippen molar-refractivity contribution < 1.29 is 4.74 Å². The number of anilines is 2. The first-order valence-corrected chi connectivity index (χ1v) is 10.4. The van der Waals surface area contributed by atoms with Crippen LogP contribution in [0.2, 0.25) is 10.0 Å². The molecule has 0 aliphatic carbocycles. The summed E-state index contributed by atoms with van der Waals surface area (Å²) in [6, 6.07) is 14.4. The van der Waals surface area contributed by atoms with E-state index < -0.39 is 0 Å². The van der Waals surface area contributed by atoms with E-state index in [2.05, 4.69) is 52.1 Å². The standard InChI is InChI=1S/C22H25Cl2N3O/c1-25-8-10-26(11-9-25)22-5-3-2-4-17(22)14-19-16-27(12-13-28-19)18-6-7-20(23)21(24)15-18/h2-7,14-15H,8-13,16H2,1H3. The van der Waals surface area contributed by atoms with Crippen molar-refractivity contribution >= 4 is 40.7 Å². The molecule has 0 amide bonds. The molecule has 0 saturated carbocycles. The van der Waals surface area contributed by atoms with Crippen LogP contribution in [-0.4, -0.2) is 57.8 Å². The van der Waals surface area contributed by atoms with Crippen molar-refractivity contribution in [2.24, 2.45) is 0 Å². The van der Waals surface area contributed by atoms with Crippen LogP contribution in [0.25, 0.3) is 6.08 Å². The Hall–Kier alpha value is -1.88. The van der Waals surface area contributed by atoms with Crippen molar-refractivity contribution in [3.63, 3.8) is 0 Å². The third-order valence-electron chi connectivity index (χ3n) is 5.36. The van der Waals surface area contributed by atoms with Crippen LogP contribution in [0.15, 0.2) is 48.2 Å². The number of morpholine rings is 1. The number of rotatable bonds is 3. The molecule has 0 unspecified atom stereocenters. The van der Waals surface area contributed by atoms with Crippen LogP contribution in [0.3, 0.4) is 0 Å². The summed E-state index contributed by atoms with van der Waals surface area (Å²) < 4.78 is 5.98. The van der Waals surface area contributed by atoms with Gasteiger partial charge in [-0.2, -0.15) is 0 Å². The highest BCUT2D eigenvalue weighted by atomic mass is 35.5. The van der Waals surface area contributed by atoms with Gasteiger partial charge in [-0.15, -0.1) is 0 Å². The Morgan fingerprint density at radius 1 is 0.893 bits per heavy atom. The van der Waals surface area contributed by atoms with Gasteiger partial charge in [0.25, 0.3) is 0 Å². The van der Waals surface area contributed by atoms with E-state index in [0.29, 0.717) is 16.7 Å². The maximum atomic E-state index is 6.20. The maximum Gasteiger partial charge on any atom is 0.116 e. The third-order valence-corrected chi connectivity index (χ3v) is 6.10. The Morgan fingerprint density at radius 2 is 1.68 bits per heavy atom. The zero-order valence-corrected chi connectivity index (χ0v) is 17.6.